The fourth-order valence-electron chi connectivity index (χ4n) is 2.39. The molecule has 1 heterocycles. The van der Waals surface area contributed by atoms with Crippen LogP contribution in [0.3, 0.4) is 0 Å². The average Bonchev–Trinajstić information content (AvgIpc) is 2.37. The van der Waals surface area contributed by atoms with Crippen molar-refractivity contribution in [1.82, 2.24) is 10.2 Å². The molecule has 1 N–H and O–H groups in total. The first-order valence-electron chi connectivity index (χ1n) is 6.89. The van der Waals surface area contributed by atoms with Crippen LogP contribution < -0.4 is 5.32 Å². The maximum atomic E-state index is 13.9. The number of hydrogen-bond acceptors (Lipinski definition) is 2. The molecule has 1 aromatic carbocycles. The van der Waals surface area contributed by atoms with E-state index in [0.717, 1.165) is 0 Å². The van der Waals surface area contributed by atoms with Crippen LogP contribution in [0, 0.1) is 11.7 Å². The third-order valence-corrected chi connectivity index (χ3v) is 3.86. The molecule has 1 fully saturated rings. The second kappa shape index (κ2) is 6.56. The zero-order chi connectivity index (χ0) is 15.6. The van der Waals surface area contributed by atoms with Gasteiger partial charge in [0.2, 0.25) is 11.8 Å². The van der Waals surface area contributed by atoms with E-state index >= 15 is 0 Å². The molecule has 1 unspecified atom stereocenters. The summed E-state index contributed by atoms with van der Waals surface area (Å²) in [5.41, 5.74) is 0.407. The maximum Gasteiger partial charge on any atom is 0.245 e. The van der Waals surface area contributed by atoms with Crippen LogP contribution in [0.4, 0.5) is 4.39 Å². The number of hydrogen-bond donors (Lipinski definition) is 1. The molecule has 1 aliphatic rings. The van der Waals surface area contributed by atoms with Gasteiger partial charge in [-0.2, -0.15) is 0 Å². The number of rotatable bonds is 4. The summed E-state index contributed by atoms with van der Waals surface area (Å²) in [6.07, 6.45) is 0.587. The number of carbonyl (C=O) groups is 2. The standard InChI is InChI=1S/C15H18BrFN2O2/c1-9(2)5-13-15(21)19(8-14(20)18-13)7-10-3-4-11(16)6-12(10)17/h3-4,6,9,13H,5,7-8H2,1-2H3,(H,18,20). The van der Waals surface area contributed by atoms with E-state index < -0.39 is 6.04 Å². The lowest BCUT2D eigenvalue weighted by Crippen LogP contribution is -2.57. The second-order valence-corrected chi connectivity index (χ2v) is 6.60. The Morgan fingerprint density at radius 2 is 2.14 bits per heavy atom. The van der Waals surface area contributed by atoms with Gasteiger partial charge in [-0.05, 0) is 24.5 Å². The number of amides is 2. The van der Waals surface area contributed by atoms with Crippen LogP contribution in [0.5, 0.6) is 0 Å². The Morgan fingerprint density at radius 1 is 1.43 bits per heavy atom. The van der Waals surface area contributed by atoms with E-state index in [0.29, 0.717) is 22.4 Å². The molecule has 0 radical (unpaired) electrons. The van der Waals surface area contributed by atoms with Crippen molar-refractivity contribution in [2.75, 3.05) is 6.54 Å². The third kappa shape index (κ3) is 4.03. The van der Waals surface area contributed by atoms with Crippen LogP contribution in [0.2, 0.25) is 0 Å². The Bertz CT molecular complexity index is 563. The molecule has 0 aliphatic carbocycles. The van der Waals surface area contributed by atoms with Gasteiger partial charge in [0.25, 0.3) is 0 Å². The number of nitrogens with zero attached hydrogens (tertiary/aromatic N) is 1. The van der Waals surface area contributed by atoms with Crippen molar-refractivity contribution in [3.05, 3.63) is 34.1 Å². The average molecular weight is 357 g/mol. The molecule has 0 saturated carbocycles. The highest BCUT2D eigenvalue weighted by atomic mass is 79.9. The van der Waals surface area contributed by atoms with Gasteiger partial charge in [-0.1, -0.05) is 35.8 Å². The van der Waals surface area contributed by atoms with Crippen molar-refractivity contribution in [3.63, 3.8) is 0 Å². The van der Waals surface area contributed by atoms with Crippen molar-refractivity contribution in [1.29, 1.82) is 0 Å². The summed E-state index contributed by atoms with van der Waals surface area (Å²) in [4.78, 5) is 25.5. The van der Waals surface area contributed by atoms with Crippen LogP contribution in [0.1, 0.15) is 25.8 Å². The zero-order valence-electron chi connectivity index (χ0n) is 12.0. The lowest BCUT2D eigenvalue weighted by molar-refractivity contribution is -0.145. The second-order valence-electron chi connectivity index (χ2n) is 5.68. The summed E-state index contributed by atoms with van der Waals surface area (Å²) in [5.74, 6) is -0.435. The van der Waals surface area contributed by atoms with Gasteiger partial charge in [-0.3, -0.25) is 9.59 Å². The Kier molecular flexibility index (Phi) is 4.98. The Hall–Kier alpha value is -1.43. The molecular formula is C15H18BrFN2O2. The minimum absolute atomic E-state index is 0.0249. The van der Waals surface area contributed by atoms with Crippen LogP contribution in [-0.4, -0.2) is 29.3 Å². The molecule has 4 nitrogen and oxygen atoms in total. The molecule has 0 spiro atoms. The molecule has 1 aliphatic heterocycles. The molecule has 2 rings (SSSR count). The molecule has 0 aromatic heterocycles. The Morgan fingerprint density at radius 3 is 2.76 bits per heavy atom. The maximum absolute atomic E-state index is 13.9. The predicted molar refractivity (Wildman–Crippen MR) is 80.9 cm³/mol. The highest BCUT2D eigenvalue weighted by molar-refractivity contribution is 9.10. The summed E-state index contributed by atoms with van der Waals surface area (Å²) < 4.78 is 14.5. The molecule has 1 aromatic rings. The zero-order valence-corrected chi connectivity index (χ0v) is 13.6. The number of carbonyl (C=O) groups excluding carboxylic acids is 2. The predicted octanol–water partition coefficient (Wildman–Crippen LogP) is 2.46. The number of nitrogens with one attached hydrogen (secondary N) is 1. The summed E-state index contributed by atoms with van der Waals surface area (Å²) in [5, 5.41) is 2.71. The first-order valence-corrected chi connectivity index (χ1v) is 7.68. The van der Waals surface area contributed by atoms with Crippen molar-refractivity contribution in [3.8, 4) is 0 Å². The van der Waals surface area contributed by atoms with E-state index in [2.05, 4.69) is 21.2 Å². The summed E-state index contributed by atoms with van der Waals surface area (Å²) in [6, 6.07) is 4.19. The van der Waals surface area contributed by atoms with Gasteiger partial charge in [0.15, 0.2) is 0 Å². The molecule has 0 bridgehead atoms. The lowest BCUT2D eigenvalue weighted by atomic mass is 10.0. The molecular weight excluding hydrogens is 339 g/mol. The third-order valence-electron chi connectivity index (χ3n) is 3.36. The molecule has 114 valence electrons. The number of benzene rings is 1. The largest absolute Gasteiger partial charge is 0.343 e. The summed E-state index contributed by atoms with van der Waals surface area (Å²) in [7, 11) is 0. The lowest BCUT2D eigenvalue weighted by Gasteiger charge is -2.33. The smallest absolute Gasteiger partial charge is 0.245 e. The number of halogens is 2. The SMILES string of the molecule is CC(C)CC1NC(=O)CN(Cc2ccc(Br)cc2F)C1=O. The topological polar surface area (TPSA) is 49.4 Å². The highest BCUT2D eigenvalue weighted by Crippen LogP contribution is 2.19. The first kappa shape index (κ1) is 15.9. The van der Waals surface area contributed by atoms with E-state index in [9.17, 15) is 14.0 Å². The van der Waals surface area contributed by atoms with Crippen molar-refractivity contribution in [2.24, 2.45) is 5.92 Å². The quantitative estimate of drug-likeness (QED) is 0.900. The van der Waals surface area contributed by atoms with Crippen LogP contribution in [0.25, 0.3) is 0 Å². The Balaban J connectivity index is 2.14. The summed E-state index contributed by atoms with van der Waals surface area (Å²) in [6.45, 7) is 4.07. The molecule has 6 heteroatoms. The van der Waals surface area contributed by atoms with E-state index in [1.807, 2.05) is 13.8 Å². The monoisotopic (exact) mass is 356 g/mol. The normalized spacial score (nSPS) is 19.1. The van der Waals surface area contributed by atoms with Gasteiger partial charge >= 0.3 is 0 Å². The van der Waals surface area contributed by atoms with Gasteiger partial charge in [-0.15, -0.1) is 0 Å². The highest BCUT2D eigenvalue weighted by Gasteiger charge is 2.33. The molecule has 1 atom stereocenters. The van der Waals surface area contributed by atoms with E-state index in [1.54, 1.807) is 12.1 Å². The molecule has 21 heavy (non-hydrogen) atoms. The van der Waals surface area contributed by atoms with Crippen LogP contribution >= 0.6 is 15.9 Å². The van der Waals surface area contributed by atoms with Crippen molar-refractivity contribution in [2.45, 2.75) is 32.9 Å². The fourth-order valence-corrected chi connectivity index (χ4v) is 2.73. The molecule has 1 saturated heterocycles. The van der Waals surface area contributed by atoms with Gasteiger partial charge in [0.1, 0.15) is 11.9 Å². The van der Waals surface area contributed by atoms with Gasteiger partial charge in [-0.25, -0.2) is 4.39 Å². The van der Waals surface area contributed by atoms with Gasteiger partial charge in [0.05, 0.1) is 6.54 Å². The minimum atomic E-state index is -0.509. The molecule has 2 amide bonds. The fraction of sp³-hybridized carbons (Fsp3) is 0.467. The van der Waals surface area contributed by atoms with E-state index in [4.69, 9.17) is 0 Å². The first-order chi connectivity index (χ1) is 9.86. The summed E-state index contributed by atoms with van der Waals surface area (Å²) >= 11 is 3.19. The van der Waals surface area contributed by atoms with Crippen molar-refractivity contribution < 1.29 is 14.0 Å². The Labute approximate surface area is 131 Å². The van der Waals surface area contributed by atoms with Gasteiger partial charge in [0, 0.05) is 16.6 Å². The van der Waals surface area contributed by atoms with Crippen molar-refractivity contribution >= 4 is 27.7 Å². The van der Waals surface area contributed by atoms with Gasteiger partial charge < -0.3 is 10.2 Å². The van der Waals surface area contributed by atoms with Crippen LogP contribution in [-0.2, 0) is 16.1 Å². The minimum Gasteiger partial charge on any atom is -0.343 e. The van der Waals surface area contributed by atoms with Crippen LogP contribution in [0.15, 0.2) is 22.7 Å². The van der Waals surface area contributed by atoms with E-state index in [-0.39, 0.29) is 30.7 Å². The van der Waals surface area contributed by atoms with E-state index in [1.165, 1.54) is 11.0 Å². The number of piperazine rings is 1.